The van der Waals surface area contributed by atoms with E-state index in [1.165, 1.54) is 12.1 Å². The molecule has 0 radical (unpaired) electrons. The number of ether oxygens (including phenoxy) is 2. The fourth-order valence-electron chi connectivity index (χ4n) is 4.38. The summed E-state index contributed by atoms with van der Waals surface area (Å²) in [7, 11) is 1.60. The monoisotopic (exact) mass is 395 g/mol. The first-order chi connectivity index (χ1) is 14.1. The van der Waals surface area contributed by atoms with Crippen molar-refractivity contribution in [1.29, 1.82) is 0 Å². The molecule has 0 saturated carbocycles. The minimum absolute atomic E-state index is 0.0545. The summed E-state index contributed by atoms with van der Waals surface area (Å²) in [6, 6.07) is 8.68. The zero-order valence-electron chi connectivity index (χ0n) is 16.4. The van der Waals surface area contributed by atoms with Crippen LogP contribution >= 0.6 is 0 Å². The SMILES string of the molecule is COc1ccc(-n2c(C)nnc2N2CCC3(CC2)COc2cc(F)ccc23)cn1. The number of benzene rings is 1. The number of aromatic nitrogens is 4. The van der Waals surface area contributed by atoms with Gasteiger partial charge < -0.3 is 14.4 Å². The Hall–Kier alpha value is -3.16. The molecule has 0 N–H and O–H groups in total. The van der Waals surface area contributed by atoms with Gasteiger partial charge in [0.1, 0.15) is 17.4 Å². The van der Waals surface area contributed by atoms with Crippen molar-refractivity contribution in [2.24, 2.45) is 0 Å². The molecule has 1 saturated heterocycles. The predicted octanol–water partition coefficient (Wildman–Crippen LogP) is 3.05. The van der Waals surface area contributed by atoms with Crippen LogP contribution in [0.15, 0.2) is 36.5 Å². The molecule has 1 fully saturated rings. The number of hydrogen-bond donors (Lipinski definition) is 0. The van der Waals surface area contributed by atoms with Gasteiger partial charge in [-0.15, -0.1) is 10.2 Å². The van der Waals surface area contributed by atoms with Crippen LogP contribution in [-0.4, -0.2) is 46.6 Å². The van der Waals surface area contributed by atoms with E-state index in [2.05, 4.69) is 20.1 Å². The molecule has 150 valence electrons. The molecule has 0 atom stereocenters. The van der Waals surface area contributed by atoms with Crippen molar-refractivity contribution >= 4 is 5.95 Å². The average Bonchev–Trinajstić information content (AvgIpc) is 3.29. The Morgan fingerprint density at radius 1 is 1.14 bits per heavy atom. The van der Waals surface area contributed by atoms with Crippen LogP contribution in [0, 0.1) is 12.7 Å². The van der Waals surface area contributed by atoms with Crippen molar-refractivity contribution in [3.8, 4) is 17.3 Å². The number of rotatable bonds is 3. The van der Waals surface area contributed by atoms with E-state index in [0.29, 0.717) is 18.2 Å². The van der Waals surface area contributed by atoms with Crippen molar-refractivity contribution in [1.82, 2.24) is 19.7 Å². The van der Waals surface area contributed by atoms with Gasteiger partial charge in [0.15, 0.2) is 0 Å². The van der Waals surface area contributed by atoms with Gasteiger partial charge in [-0.3, -0.25) is 4.57 Å². The zero-order valence-corrected chi connectivity index (χ0v) is 16.4. The van der Waals surface area contributed by atoms with Gasteiger partial charge in [0.05, 0.1) is 25.6 Å². The fraction of sp³-hybridized carbons (Fsp3) is 0.381. The van der Waals surface area contributed by atoms with Gasteiger partial charge in [-0.25, -0.2) is 9.37 Å². The van der Waals surface area contributed by atoms with Crippen LogP contribution in [0.3, 0.4) is 0 Å². The summed E-state index contributed by atoms with van der Waals surface area (Å²) in [5.74, 6) is 2.61. The second-order valence-corrected chi connectivity index (χ2v) is 7.64. The molecule has 5 rings (SSSR count). The molecular formula is C21H22FN5O2. The maximum absolute atomic E-state index is 13.5. The van der Waals surface area contributed by atoms with E-state index in [1.807, 2.05) is 29.7 Å². The van der Waals surface area contributed by atoms with E-state index in [4.69, 9.17) is 9.47 Å². The molecule has 1 aromatic carbocycles. The largest absolute Gasteiger partial charge is 0.492 e. The first-order valence-corrected chi connectivity index (χ1v) is 9.70. The highest BCUT2D eigenvalue weighted by Gasteiger charge is 2.43. The smallest absolute Gasteiger partial charge is 0.231 e. The number of halogens is 1. The number of nitrogens with zero attached hydrogens (tertiary/aromatic N) is 5. The summed E-state index contributed by atoms with van der Waals surface area (Å²) in [6.07, 6.45) is 3.59. The highest BCUT2D eigenvalue weighted by Crippen LogP contribution is 2.46. The summed E-state index contributed by atoms with van der Waals surface area (Å²) < 4.78 is 26.5. The lowest BCUT2D eigenvalue weighted by Crippen LogP contribution is -2.44. The average molecular weight is 395 g/mol. The number of aryl methyl sites for hydroxylation is 1. The predicted molar refractivity (Wildman–Crippen MR) is 105 cm³/mol. The Bertz CT molecular complexity index is 1040. The van der Waals surface area contributed by atoms with E-state index >= 15 is 0 Å². The number of anilines is 1. The number of hydrogen-bond acceptors (Lipinski definition) is 6. The third-order valence-electron chi connectivity index (χ3n) is 6.02. The van der Waals surface area contributed by atoms with Gasteiger partial charge in [0.2, 0.25) is 11.8 Å². The topological polar surface area (TPSA) is 65.3 Å². The molecule has 0 unspecified atom stereocenters. The van der Waals surface area contributed by atoms with Crippen LogP contribution in [-0.2, 0) is 5.41 Å². The molecule has 1 spiro atoms. The number of pyridine rings is 1. The minimum Gasteiger partial charge on any atom is -0.492 e. The van der Waals surface area contributed by atoms with Crippen LogP contribution in [0.2, 0.25) is 0 Å². The molecule has 4 heterocycles. The minimum atomic E-state index is -0.255. The standard InChI is InChI=1S/C21H22FN5O2/c1-14-24-25-20(27(14)16-4-6-19(28-2)23-12-16)26-9-7-21(8-10-26)13-29-18-11-15(22)3-5-17(18)21/h3-6,11-12H,7-10,13H2,1-2H3. The molecule has 7 nitrogen and oxygen atoms in total. The summed E-state index contributed by atoms with van der Waals surface area (Å²) in [5, 5.41) is 8.72. The molecule has 2 aliphatic heterocycles. The third kappa shape index (κ3) is 2.90. The van der Waals surface area contributed by atoms with E-state index in [1.54, 1.807) is 13.3 Å². The lowest BCUT2D eigenvalue weighted by atomic mass is 9.74. The molecule has 29 heavy (non-hydrogen) atoms. The van der Waals surface area contributed by atoms with E-state index < -0.39 is 0 Å². The molecule has 2 aliphatic rings. The Morgan fingerprint density at radius 2 is 1.97 bits per heavy atom. The van der Waals surface area contributed by atoms with Gasteiger partial charge in [-0.1, -0.05) is 6.07 Å². The van der Waals surface area contributed by atoms with Crippen molar-refractivity contribution in [2.45, 2.75) is 25.2 Å². The normalized spacial score (nSPS) is 17.3. The Labute approximate surface area is 168 Å². The van der Waals surface area contributed by atoms with Gasteiger partial charge in [-0.2, -0.15) is 0 Å². The molecule has 8 heteroatoms. The van der Waals surface area contributed by atoms with Crippen LogP contribution in [0.4, 0.5) is 10.3 Å². The third-order valence-corrected chi connectivity index (χ3v) is 6.02. The lowest BCUT2D eigenvalue weighted by molar-refractivity contribution is 0.229. The van der Waals surface area contributed by atoms with Crippen LogP contribution < -0.4 is 14.4 Å². The highest BCUT2D eigenvalue weighted by atomic mass is 19.1. The molecule has 0 aliphatic carbocycles. The maximum atomic E-state index is 13.5. The summed E-state index contributed by atoms with van der Waals surface area (Å²) in [4.78, 5) is 6.55. The maximum Gasteiger partial charge on any atom is 0.231 e. The molecule has 3 aromatic rings. The fourth-order valence-corrected chi connectivity index (χ4v) is 4.38. The molecule has 2 aromatic heterocycles. The molecule has 0 amide bonds. The van der Waals surface area contributed by atoms with E-state index in [9.17, 15) is 4.39 Å². The molecular weight excluding hydrogens is 373 g/mol. The van der Waals surface area contributed by atoms with Crippen molar-refractivity contribution in [3.63, 3.8) is 0 Å². The number of fused-ring (bicyclic) bond motifs is 2. The number of piperidine rings is 1. The lowest BCUT2D eigenvalue weighted by Gasteiger charge is -2.38. The first kappa shape index (κ1) is 17.9. The quantitative estimate of drug-likeness (QED) is 0.679. The Morgan fingerprint density at radius 3 is 2.69 bits per heavy atom. The summed E-state index contributed by atoms with van der Waals surface area (Å²) in [6.45, 7) is 4.18. The van der Waals surface area contributed by atoms with Crippen LogP contribution in [0.1, 0.15) is 24.2 Å². The van der Waals surface area contributed by atoms with Crippen molar-refractivity contribution < 1.29 is 13.9 Å². The molecule has 0 bridgehead atoms. The Balaban J connectivity index is 1.40. The van der Waals surface area contributed by atoms with Gasteiger partial charge in [0, 0.05) is 36.2 Å². The second kappa shape index (κ2) is 6.72. The van der Waals surface area contributed by atoms with Gasteiger partial charge >= 0.3 is 0 Å². The van der Waals surface area contributed by atoms with E-state index in [-0.39, 0.29) is 11.2 Å². The van der Waals surface area contributed by atoms with Gasteiger partial charge in [-0.05, 0) is 31.9 Å². The van der Waals surface area contributed by atoms with Crippen molar-refractivity contribution in [3.05, 3.63) is 53.7 Å². The van der Waals surface area contributed by atoms with E-state index in [0.717, 1.165) is 49.0 Å². The van der Waals surface area contributed by atoms with Crippen LogP contribution in [0.5, 0.6) is 11.6 Å². The highest BCUT2D eigenvalue weighted by molar-refractivity contribution is 5.48. The van der Waals surface area contributed by atoms with Gasteiger partial charge in [0.25, 0.3) is 0 Å². The summed E-state index contributed by atoms with van der Waals surface area (Å²) >= 11 is 0. The number of methoxy groups -OCH3 is 1. The summed E-state index contributed by atoms with van der Waals surface area (Å²) in [5.41, 5.74) is 1.96. The first-order valence-electron chi connectivity index (χ1n) is 9.70. The zero-order chi connectivity index (χ0) is 20.0. The van der Waals surface area contributed by atoms with Crippen molar-refractivity contribution in [2.75, 3.05) is 31.7 Å². The van der Waals surface area contributed by atoms with Crippen LogP contribution in [0.25, 0.3) is 5.69 Å². The second-order valence-electron chi connectivity index (χ2n) is 7.64. The Kier molecular flexibility index (Phi) is 4.15.